The molecule has 1 aromatic rings. The fourth-order valence-corrected chi connectivity index (χ4v) is 1.83. The van der Waals surface area contributed by atoms with Crippen LogP contribution in [0.15, 0.2) is 28.5 Å². The number of carbonyl (C=O) groups is 1. The number of pyridine rings is 1. The maximum absolute atomic E-state index is 10.7. The van der Waals surface area contributed by atoms with Crippen LogP contribution < -0.4 is 0 Å². The second kappa shape index (κ2) is 5.59. The Morgan fingerprint density at radius 1 is 1.61 bits per heavy atom. The normalized spacial score (nSPS) is 15.7. The van der Waals surface area contributed by atoms with E-state index in [1.54, 1.807) is 12.3 Å². The van der Waals surface area contributed by atoms with Crippen molar-refractivity contribution < 1.29 is 10.0 Å². The van der Waals surface area contributed by atoms with Crippen LogP contribution >= 0.6 is 11.6 Å². The van der Waals surface area contributed by atoms with Crippen molar-refractivity contribution in [2.45, 2.75) is 6.54 Å². The summed E-state index contributed by atoms with van der Waals surface area (Å²) in [5.74, 6) is 0.405. The number of aldehydes is 1. The zero-order valence-electron chi connectivity index (χ0n) is 9.45. The Balaban J connectivity index is 2.12. The van der Waals surface area contributed by atoms with Gasteiger partial charge in [-0.25, -0.2) is 4.98 Å². The Labute approximate surface area is 109 Å². The molecule has 0 fully saturated rings. The molecule has 7 heteroatoms. The number of hydrogen-bond acceptors (Lipinski definition) is 6. The number of oxime groups is 1. The van der Waals surface area contributed by atoms with E-state index in [1.165, 1.54) is 0 Å². The van der Waals surface area contributed by atoms with Gasteiger partial charge in [0, 0.05) is 19.3 Å². The minimum Gasteiger partial charge on any atom is -0.410 e. The predicted molar refractivity (Wildman–Crippen MR) is 67.2 cm³/mol. The largest absolute Gasteiger partial charge is 0.410 e. The van der Waals surface area contributed by atoms with Crippen LogP contribution in [0.3, 0.4) is 0 Å². The number of rotatable bonds is 4. The number of hydrogen-bond donors (Lipinski definition) is 1. The van der Waals surface area contributed by atoms with E-state index in [0.717, 1.165) is 5.56 Å². The van der Waals surface area contributed by atoms with Gasteiger partial charge in [-0.1, -0.05) is 22.8 Å². The molecule has 1 aliphatic heterocycles. The van der Waals surface area contributed by atoms with Gasteiger partial charge in [0.15, 0.2) is 17.8 Å². The second-order valence-electron chi connectivity index (χ2n) is 3.72. The Morgan fingerprint density at radius 3 is 3.06 bits per heavy atom. The lowest BCUT2D eigenvalue weighted by molar-refractivity contribution is -0.102. The van der Waals surface area contributed by atoms with Crippen LogP contribution in [-0.4, -0.2) is 46.0 Å². The summed E-state index contributed by atoms with van der Waals surface area (Å²) >= 11 is 5.71. The van der Waals surface area contributed by atoms with Gasteiger partial charge >= 0.3 is 0 Å². The van der Waals surface area contributed by atoms with Crippen LogP contribution in [0.4, 0.5) is 0 Å². The van der Waals surface area contributed by atoms with Crippen LogP contribution in [0.1, 0.15) is 5.56 Å². The predicted octanol–water partition coefficient (Wildman–Crippen LogP) is 0.978. The van der Waals surface area contributed by atoms with Crippen LogP contribution in [0.25, 0.3) is 0 Å². The van der Waals surface area contributed by atoms with Gasteiger partial charge in [-0.15, -0.1) is 0 Å². The molecule has 0 bridgehead atoms. The molecule has 0 amide bonds. The lowest BCUT2D eigenvalue weighted by atomic mass is 10.2. The molecule has 94 valence electrons. The Hall–Kier alpha value is -1.95. The van der Waals surface area contributed by atoms with Crippen molar-refractivity contribution in [3.8, 4) is 0 Å². The number of amidine groups is 1. The van der Waals surface area contributed by atoms with Gasteiger partial charge < -0.3 is 10.1 Å². The SMILES string of the molecule is O=CC(=NO)C1=NCCN1Cc1ccc(Cl)nc1. The quantitative estimate of drug-likeness (QED) is 0.290. The summed E-state index contributed by atoms with van der Waals surface area (Å²) in [7, 11) is 0. The number of aliphatic imine (C=N–C) groups is 1. The molecule has 18 heavy (non-hydrogen) atoms. The van der Waals surface area contributed by atoms with E-state index in [4.69, 9.17) is 16.8 Å². The van der Waals surface area contributed by atoms with Crippen LogP contribution in [-0.2, 0) is 11.3 Å². The topological polar surface area (TPSA) is 78.1 Å². The summed E-state index contributed by atoms with van der Waals surface area (Å²) < 4.78 is 0. The van der Waals surface area contributed by atoms with Crippen molar-refractivity contribution in [3.05, 3.63) is 29.0 Å². The molecule has 1 aliphatic rings. The van der Waals surface area contributed by atoms with Crippen molar-refractivity contribution in [3.63, 3.8) is 0 Å². The maximum atomic E-state index is 10.7. The summed E-state index contributed by atoms with van der Waals surface area (Å²) in [6.45, 7) is 1.78. The first-order chi connectivity index (χ1) is 8.74. The summed E-state index contributed by atoms with van der Waals surface area (Å²) in [4.78, 5) is 20.7. The first kappa shape index (κ1) is 12.5. The van der Waals surface area contributed by atoms with Gasteiger partial charge in [-0.2, -0.15) is 0 Å². The third-order valence-corrected chi connectivity index (χ3v) is 2.77. The molecule has 0 aromatic carbocycles. The number of nitrogens with zero attached hydrogens (tertiary/aromatic N) is 4. The van der Waals surface area contributed by atoms with E-state index < -0.39 is 0 Å². The first-order valence-corrected chi connectivity index (χ1v) is 5.70. The number of halogens is 1. The molecule has 0 saturated carbocycles. The molecule has 0 atom stereocenters. The van der Waals surface area contributed by atoms with Gasteiger partial charge in [0.2, 0.25) is 0 Å². The summed E-state index contributed by atoms with van der Waals surface area (Å²) in [5, 5.41) is 12.1. The average molecular weight is 267 g/mol. The lowest BCUT2D eigenvalue weighted by Gasteiger charge is -2.18. The molecular weight excluding hydrogens is 256 g/mol. The highest BCUT2D eigenvalue weighted by atomic mass is 35.5. The Kier molecular flexibility index (Phi) is 3.88. The average Bonchev–Trinajstić information content (AvgIpc) is 2.82. The highest BCUT2D eigenvalue weighted by Crippen LogP contribution is 2.11. The van der Waals surface area contributed by atoms with Crippen molar-refractivity contribution in [1.82, 2.24) is 9.88 Å². The molecule has 1 N–H and O–H groups in total. The Bertz CT molecular complexity index is 498. The van der Waals surface area contributed by atoms with Crippen LogP contribution in [0, 0.1) is 0 Å². The van der Waals surface area contributed by atoms with E-state index in [-0.39, 0.29) is 5.71 Å². The van der Waals surface area contributed by atoms with Gasteiger partial charge in [0.25, 0.3) is 0 Å². The second-order valence-corrected chi connectivity index (χ2v) is 4.11. The third-order valence-electron chi connectivity index (χ3n) is 2.54. The molecule has 6 nitrogen and oxygen atoms in total. The molecule has 0 unspecified atom stereocenters. The molecule has 2 rings (SSSR count). The zero-order chi connectivity index (χ0) is 13.0. The monoisotopic (exact) mass is 266 g/mol. The van der Waals surface area contributed by atoms with Gasteiger partial charge in [-0.3, -0.25) is 9.79 Å². The minimum atomic E-state index is -0.0607. The van der Waals surface area contributed by atoms with Gasteiger partial charge in [0.1, 0.15) is 5.15 Å². The number of aromatic nitrogens is 1. The standard InChI is InChI=1S/C11H11ClN4O2/c12-10-2-1-8(5-14-10)6-16-4-3-13-11(16)9(7-17)15-18/h1-2,5,7,18H,3-4,6H2. The number of carbonyl (C=O) groups excluding carboxylic acids is 1. The third kappa shape index (κ3) is 2.65. The van der Waals surface area contributed by atoms with Crippen molar-refractivity contribution in [2.75, 3.05) is 13.1 Å². The molecule has 1 aromatic heterocycles. The molecule has 0 spiro atoms. The molecule has 0 radical (unpaired) electrons. The van der Waals surface area contributed by atoms with Crippen LogP contribution in [0.2, 0.25) is 5.15 Å². The van der Waals surface area contributed by atoms with Gasteiger partial charge in [-0.05, 0) is 11.6 Å². The summed E-state index contributed by atoms with van der Waals surface area (Å²) in [6, 6.07) is 3.55. The minimum absolute atomic E-state index is 0.0607. The van der Waals surface area contributed by atoms with Crippen molar-refractivity contribution in [2.24, 2.45) is 10.1 Å². The highest BCUT2D eigenvalue weighted by molar-refractivity contribution is 6.61. The van der Waals surface area contributed by atoms with E-state index in [9.17, 15) is 4.79 Å². The fourth-order valence-electron chi connectivity index (χ4n) is 1.72. The summed E-state index contributed by atoms with van der Waals surface area (Å²) in [6.07, 6.45) is 2.15. The lowest BCUT2D eigenvalue weighted by Crippen LogP contribution is -2.33. The fraction of sp³-hybridized carbons (Fsp3) is 0.273. The maximum Gasteiger partial charge on any atom is 0.184 e. The smallest absolute Gasteiger partial charge is 0.184 e. The molecule has 0 saturated heterocycles. The highest BCUT2D eigenvalue weighted by Gasteiger charge is 2.22. The van der Waals surface area contributed by atoms with Crippen LogP contribution in [0.5, 0.6) is 0 Å². The van der Waals surface area contributed by atoms with E-state index >= 15 is 0 Å². The van der Waals surface area contributed by atoms with Gasteiger partial charge in [0.05, 0.1) is 6.54 Å². The van der Waals surface area contributed by atoms with E-state index in [2.05, 4.69) is 15.1 Å². The first-order valence-electron chi connectivity index (χ1n) is 5.32. The van der Waals surface area contributed by atoms with E-state index in [0.29, 0.717) is 36.9 Å². The zero-order valence-corrected chi connectivity index (χ0v) is 10.2. The van der Waals surface area contributed by atoms with Crippen molar-refractivity contribution >= 4 is 29.4 Å². The molecule has 2 heterocycles. The molecule has 0 aliphatic carbocycles. The van der Waals surface area contributed by atoms with E-state index in [1.807, 2.05) is 11.0 Å². The summed E-state index contributed by atoms with van der Waals surface area (Å²) in [5.41, 5.74) is 0.881. The molecular formula is C11H11ClN4O2. The Morgan fingerprint density at radius 2 is 2.44 bits per heavy atom. The van der Waals surface area contributed by atoms with Crippen molar-refractivity contribution in [1.29, 1.82) is 0 Å².